The molecule has 3 rings (SSSR count). The number of aromatic nitrogens is 1. The van der Waals surface area contributed by atoms with E-state index in [0.29, 0.717) is 5.56 Å². The number of hydrogen-bond donors (Lipinski definition) is 0. The highest BCUT2D eigenvalue weighted by molar-refractivity contribution is 6.07. The molecule has 0 aliphatic carbocycles. The third-order valence-electron chi connectivity index (χ3n) is 3.30. The van der Waals surface area contributed by atoms with Gasteiger partial charge in [0.2, 0.25) is 0 Å². The first-order valence-corrected chi connectivity index (χ1v) is 6.43. The number of amides is 1. The third kappa shape index (κ3) is 2.26. The van der Waals surface area contributed by atoms with Gasteiger partial charge < -0.3 is 4.90 Å². The van der Waals surface area contributed by atoms with Gasteiger partial charge in [0.05, 0.1) is 5.52 Å². The average molecular weight is 262 g/mol. The van der Waals surface area contributed by atoms with Gasteiger partial charge >= 0.3 is 0 Å². The Hall–Kier alpha value is -2.68. The van der Waals surface area contributed by atoms with E-state index < -0.39 is 0 Å². The van der Waals surface area contributed by atoms with Crippen LogP contribution in [0.1, 0.15) is 10.4 Å². The molecule has 1 heterocycles. The second kappa shape index (κ2) is 5.13. The second-order valence-corrected chi connectivity index (χ2v) is 4.61. The molecule has 3 heteroatoms. The summed E-state index contributed by atoms with van der Waals surface area (Å²) in [5.74, 6) is -0.0382. The highest BCUT2D eigenvalue weighted by Gasteiger charge is 2.13. The van der Waals surface area contributed by atoms with Crippen molar-refractivity contribution in [2.24, 2.45) is 0 Å². The molecule has 2 aromatic carbocycles. The normalized spacial score (nSPS) is 10.4. The largest absolute Gasteiger partial charge is 0.311 e. The number of para-hydroxylation sites is 1. The quantitative estimate of drug-likeness (QED) is 0.708. The van der Waals surface area contributed by atoms with Crippen molar-refractivity contribution in [3.05, 3.63) is 72.4 Å². The van der Waals surface area contributed by atoms with Crippen molar-refractivity contribution in [1.82, 2.24) is 4.98 Å². The van der Waals surface area contributed by atoms with Gasteiger partial charge in [-0.1, -0.05) is 30.3 Å². The summed E-state index contributed by atoms with van der Waals surface area (Å²) in [4.78, 5) is 18.4. The van der Waals surface area contributed by atoms with Crippen LogP contribution < -0.4 is 4.90 Å². The van der Waals surface area contributed by atoms with Crippen molar-refractivity contribution >= 4 is 22.5 Å². The summed E-state index contributed by atoms with van der Waals surface area (Å²) in [6.45, 7) is 0. The Morgan fingerprint density at radius 2 is 1.80 bits per heavy atom. The maximum Gasteiger partial charge on any atom is 0.258 e. The molecule has 0 saturated heterocycles. The summed E-state index contributed by atoms with van der Waals surface area (Å²) in [6.07, 6.45) is 1.73. The molecule has 0 fully saturated rings. The first-order valence-electron chi connectivity index (χ1n) is 6.43. The van der Waals surface area contributed by atoms with E-state index in [1.54, 1.807) is 18.1 Å². The Bertz CT molecular complexity index is 753. The Morgan fingerprint density at radius 3 is 2.60 bits per heavy atom. The molecule has 0 N–H and O–H groups in total. The fourth-order valence-corrected chi connectivity index (χ4v) is 2.16. The smallest absolute Gasteiger partial charge is 0.258 e. The molecular weight excluding hydrogens is 248 g/mol. The number of nitrogens with zero attached hydrogens (tertiary/aromatic N) is 2. The molecule has 98 valence electrons. The van der Waals surface area contributed by atoms with Crippen LogP contribution in [0.4, 0.5) is 5.69 Å². The van der Waals surface area contributed by atoms with Crippen LogP contribution in [-0.4, -0.2) is 17.9 Å². The van der Waals surface area contributed by atoms with Gasteiger partial charge in [-0.2, -0.15) is 0 Å². The summed E-state index contributed by atoms with van der Waals surface area (Å²) in [6, 6.07) is 19.1. The van der Waals surface area contributed by atoms with E-state index in [9.17, 15) is 4.79 Å². The van der Waals surface area contributed by atoms with Gasteiger partial charge in [-0.3, -0.25) is 9.78 Å². The zero-order chi connectivity index (χ0) is 13.9. The van der Waals surface area contributed by atoms with Crippen LogP contribution in [0.25, 0.3) is 10.9 Å². The van der Waals surface area contributed by atoms with Crippen molar-refractivity contribution in [2.45, 2.75) is 0 Å². The van der Waals surface area contributed by atoms with Crippen molar-refractivity contribution in [3.63, 3.8) is 0 Å². The first kappa shape index (κ1) is 12.4. The van der Waals surface area contributed by atoms with Crippen LogP contribution in [0.5, 0.6) is 0 Å². The van der Waals surface area contributed by atoms with Crippen LogP contribution >= 0.6 is 0 Å². The standard InChI is InChI=1S/C17H14N2O/c1-19(15-7-3-2-4-8-15)17(20)14-10-9-13-6-5-11-18-16(13)12-14/h2-12H,1H3. The molecule has 0 aliphatic rings. The van der Waals surface area contributed by atoms with Gasteiger partial charge in [0.25, 0.3) is 5.91 Å². The lowest BCUT2D eigenvalue weighted by Crippen LogP contribution is -2.26. The summed E-state index contributed by atoms with van der Waals surface area (Å²) in [5.41, 5.74) is 2.35. The van der Waals surface area contributed by atoms with Crippen molar-refractivity contribution in [1.29, 1.82) is 0 Å². The number of carbonyl (C=O) groups is 1. The van der Waals surface area contributed by atoms with Gasteiger partial charge in [0.15, 0.2) is 0 Å². The van der Waals surface area contributed by atoms with E-state index in [1.165, 1.54) is 0 Å². The molecule has 0 unspecified atom stereocenters. The Balaban J connectivity index is 1.96. The topological polar surface area (TPSA) is 33.2 Å². The van der Waals surface area contributed by atoms with Crippen molar-refractivity contribution in [2.75, 3.05) is 11.9 Å². The highest BCUT2D eigenvalue weighted by Crippen LogP contribution is 2.18. The molecule has 20 heavy (non-hydrogen) atoms. The number of pyridine rings is 1. The van der Waals surface area contributed by atoms with Gasteiger partial charge in [0.1, 0.15) is 0 Å². The molecule has 0 radical (unpaired) electrons. The van der Waals surface area contributed by atoms with E-state index in [2.05, 4.69) is 4.98 Å². The minimum absolute atomic E-state index is 0.0382. The number of rotatable bonds is 2. The molecule has 3 nitrogen and oxygen atoms in total. The maximum absolute atomic E-state index is 12.5. The minimum atomic E-state index is -0.0382. The summed E-state index contributed by atoms with van der Waals surface area (Å²) in [7, 11) is 1.78. The van der Waals surface area contributed by atoms with Crippen molar-refractivity contribution in [3.8, 4) is 0 Å². The lowest BCUT2D eigenvalue weighted by Gasteiger charge is -2.17. The minimum Gasteiger partial charge on any atom is -0.311 e. The van der Waals surface area contributed by atoms with Gasteiger partial charge in [0, 0.05) is 29.9 Å². The van der Waals surface area contributed by atoms with Crippen LogP contribution in [0, 0.1) is 0 Å². The van der Waals surface area contributed by atoms with Gasteiger partial charge in [-0.25, -0.2) is 0 Å². The average Bonchev–Trinajstić information content (AvgIpc) is 2.54. The monoisotopic (exact) mass is 262 g/mol. The molecule has 1 amide bonds. The number of fused-ring (bicyclic) bond motifs is 1. The summed E-state index contributed by atoms with van der Waals surface area (Å²) >= 11 is 0. The zero-order valence-corrected chi connectivity index (χ0v) is 11.2. The summed E-state index contributed by atoms with van der Waals surface area (Å²) < 4.78 is 0. The highest BCUT2D eigenvalue weighted by atomic mass is 16.2. The SMILES string of the molecule is CN(C(=O)c1ccc2cccnc2c1)c1ccccc1. The lowest BCUT2D eigenvalue weighted by atomic mass is 10.1. The number of benzene rings is 2. The zero-order valence-electron chi connectivity index (χ0n) is 11.2. The van der Waals surface area contributed by atoms with E-state index in [0.717, 1.165) is 16.6 Å². The predicted octanol–water partition coefficient (Wildman–Crippen LogP) is 3.51. The van der Waals surface area contributed by atoms with Crippen LogP contribution in [0.2, 0.25) is 0 Å². The molecule has 0 aliphatic heterocycles. The molecule has 0 atom stereocenters. The molecule has 0 saturated carbocycles. The molecule has 0 bridgehead atoms. The fourth-order valence-electron chi connectivity index (χ4n) is 2.16. The maximum atomic E-state index is 12.5. The Morgan fingerprint density at radius 1 is 1.00 bits per heavy atom. The Kier molecular flexibility index (Phi) is 3.17. The van der Waals surface area contributed by atoms with Crippen LogP contribution in [0.3, 0.4) is 0 Å². The van der Waals surface area contributed by atoms with Gasteiger partial charge in [-0.15, -0.1) is 0 Å². The fraction of sp³-hybridized carbons (Fsp3) is 0.0588. The predicted molar refractivity (Wildman–Crippen MR) is 80.9 cm³/mol. The first-order chi connectivity index (χ1) is 9.75. The van der Waals surface area contributed by atoms with Crippen LogP contribution in [0.15, 0.2) is 66.9 Å². The van der Waals surface area contributed by atoms with E-state index >= 15 is 0 Å². The number of anilines is 1. The Labute approximate surface area is 117 Å². The van der Waals surface area contributed by atoms with E-state index in [1.807, 2.05) is 60.7 Å². The molecule has 1 aromatic heterocycles. The van der Waals surface area contributed by atoms with E-state index in [4.69, 9.17) is 0 Å². The molecule has 3 aromatic rings. The second-order valence-electron chi connectivity index (χ2n) is 4.61. The third-order valence-corrected chi connectivity index (χ3v) is 3.30. The lowest BCUT2D eigenvalue weighted by molar-refractivity contribution is 0.0993. The number of carbonyl (C=O) groups excluding carboxylic acids is 1. The van der Waals surface area contributed by atoms with Crippen molar-refractivity contribution < 1.29 is 4.79 Å². The number of hydrogen-bond acceptors (Lipinski definition) is 2. The van der Waals surface area contributed by atoms with Crippen LogP contribution in [-0.2, 0) is 0 Å². The van der Waals surface area contributed by atoms with E-state index in [-0.39, 0.29) is 5.91 Å². The molecule has 0 spiro atoms. The van der Waals surface area contributed by atoms with Gasteiger partial charge in [-0.05, 0) is 30.3 Å². The summed E-state index contributed by atoms with van der Waals surface area (Å²) in [5, 5.41) is 1.03. The molecular formula is C17H14N2O.